The quantitative estimate of drug-likeness (QED) is 0.542. The van der Waals surface area contributed by atoms with Crippen molar-refractivity contribution in [1.29, 1.82) is 0 Å². The van der Waals surface area contributed by atoms with Crippen LogP contribution < -0.4 is 5.73 Å². The van der Waals surface area contributed by atoms with Gasteiger partial charge in [0.2, 0.25) is 0 Å². The van der Waals surface area contributed by atoms with E-state index < -0.39 is 0 Å². The predicted molar refractivity (Wildman–Crippen MR) is 37.6 cm³/mol. The zero-order valence-electron chi connectivity index (χ0n) is 5.11. The lowest BCUT2D eigenvalue weighted by Crippen LogP contribution is -1.87. The van der Waals surface area contributed by atoms with Crippen molar-refractivity contribution in [3.8, 4) is 0 Å². The molecule has 0 rings (SSSR count). The van der Waals surface area contributed by atoms with E-state index in [1.807, 2.05) is 6.92 Å². The second kappa shape index (κ2) is 3.56. The minimum absolute atomic E-state index is 0.745. The lowest BCUT2D eigenvalue weighted by atomic mass is 10.4. The zero-order valence-corrected chi connectivity index (χ0v) is 5.87. The Morgan fingerprint density at radius 3 is 2.00 bits per heavy atom. The smallest absolute Gasteiger partial charge is 0.0150 e. The molecule has 0 aliphatic rings. The fourth-order valence-corrected chi connectivity index (χ4v) is 0.309. The van der Waals surface area contributed by atoms with Crippen LogP contribution >= 0.6 is 11.6 Å². The lowest BCUT2D eigenvalue weighted by molar-refractivity contribution is 1.31. The molecule has 0 saturated carbocycles. The van der Waals surface area contributed by atoms with Crippen LogP contribution in [-0.2, 0) is 0 Å². The maximum absolute atomic E-state index is 5.48. The standard InChI is InChI=1S/C6H10ClN/c1-5(7)3-4-6(2)8/h3-4H,8H2,1-2H3/b5-3+,6-4+. The molecule has 0 spiro atoms. The Bertz CT molecular complexity index is 100. The van der Waals surface area contributed by atoms with Gasteiger partial charge in [0.1, 0.15) is 0 Å². The Morgan fingerprint density at radius 2 is 1.88 bits per heavy atom. The van der Waals surface area contributed by atoms with Gasteiger partial charge in [-0.3, -0.25) is 0 Å². The van der Waals surface area contributed by atoms with Gasteiger partial charge in [0.15, 0.2) is 0 Å². The maximum atomic E-state index is 5.48. The van der Waals surface area contributed by atoms with Gasteiger partial charge < -0.3 is 5.73 Å². The predicted octanol–water partition coefficient (Wildman–Crippen LogP) is 1.99. The minimum atomic E-state index is 0.745. The highest BCUT2D eigenvalue weighted by Crippen LogP contribution is 1.97. The summed E-state index contributed by atoms with van der Waals surface area (Å²) in [6, 6.07) is 0. The van der Waals surface area contributed by atoms with Crippen molar-refractivity contribution in [2.45, 2.75) is 13.8 Å². The molecular formula is C6H10ClN. The second-order valence-electron chi connectivity index (χ2n) is 1.66. The van der Waals surface area contributed by atoms with Crippen LogP contribution in [-0.4, -0.2) is 0 Å². The largest absolute Gasteiger partial charge is 0.402 e. The van der Waals surface area contributed by atoms with Crippen LogP contribution in [0.25, 0.3) is 0 Å². The highest BCUT2D eigenvalue weighted by atomic mass is 35.5. The zero-order chi connectivity index (χ0) is 6.57. The first-order valence-corrected chi connectivity index (χ1v) is 2.77. The molecule has 0 bridgehead atoms. The van der Waals surface area contributed by atoms with Gasteiger partial charge in [-0.15, -0.1) is 0 Å². The second-order valence-corrected chi connectivity index (χ2v) is 2.26. The van der Waals surface area contributed by atoms with Crippen LogP contribution in [0.3, 0.4) is 0 Å². The van der Waals surface area contributed by atoms with Gasteiger partial charge in [0.05, 0.1) is 0 Å². The monoisotopic (exact) mass is 131 g/mol. The van der Waals surface area contributed by atoms with Crippen molar-refractivity contribution in [1.82, 2.24) is 0 Å². The van der Waals surface area contributed by atoms with E-state index in [9.17, 15) is 0 Å². The summed E-state index contributed by atoms with van der Waals surface area (Å²) in [4.78, 5) is 0. The molecule has 0 unspecified atom stereocenters. The first kappa shape index (κ1) is 7.57. The molecule has 0 aliphatic carbocycles. The third-order valence-corrected chi connectivity index (χ3v) is 0.702. The molecule has 0 radical (unpaired) electrons. The summed E-state index contributed by atoms with van der Waals surface area (Å²) >= 11 is 5.48. The molecule has 2 N–H and O–H groups in total. The average Bonchev–Trinajstić information content (AvgIpc) is 1.61. The minimum Gasteiger partial charge on any atom is -0.402 e. The van der Waals surface area contributed by atoms with E-state index in [4.69, 9.17) is 17.3 Å². The fraction of sp³-hybridized carbons (Fsp3) is 0.333. The molecule has 46 valence electrons. The number of nitrogens with two attached hydrogens (primary N) is 1. The van der Waals surface area contributed by atoms with Crippen molar-refractivity contribution in [2.75, 3.05) is 0 Å². The Balaban J connectivity index is 3.76. The van der Waals surface area contributed by atoms with E-state index in [1.54, 1.807) is 19.1 Å². The van der Waals surface area contributed by atoms with Crippen molar-refractivity contribution in [3.05, 3.63) is 22.9 Å². The molecule has 1 nitrogen and oxygen atoms in total. The number of hydrogen-bond donors (Lipinski definition) is 1. The molecule has 0 heterocycles. The van der Waals surface area contributed by atoms with Crippen LogP contribution in [0.4, 0.5) is 0 Å². The van der Waals surface area contributed by atoms with Crippen LogP contribution in [0.2, 0.25) is 0 Å². The summed E-state index contributed by atoms with van der Waals surface area (Å²) in [6.45, 7) is 3.62. The molecule has 8 heavy (non-hydrogen) atoms. The van der Waals surface area contributed by atoms with Crippen molar-refractivity contribution in [3.63, 3.8) is 0 Å². The van der Waals surface area contributed by atoms with Gasteiger partial charge in [-0.05, 0) is 26.0 Å². The molecule has 0 aromatic rings. The van der Waals surface area contributed by atoms with Crippen molar-refractivity contribution in [2.24, 2.45) is 5.73 Å². The number of allylic oxidation sites excluding steroid dienone is 4. The highest BCUT2D eigenvalue weighted by Gasteiger charge is 1.74. The Kier molecular flexibility index (Phi) is 3.37. The average molecular weight is 132 g/mol. The van der Waals surface area contributed by atoms with Crippen LogP contribution in [0.1, 0.15) is 13.8 Å². The van der Waals surface area contributed by atoms with Crippen LogP contribution in [0.5, 0.6) is 0 Å². The molecular weight excluding hydrogens is 122 g/mol. The lowest BCUT2D eigenvalue weighted by Gasteiger charge is -1.83. The van der Waals surface area contributed by atoms with E-state index in [-0.39, 0.29) is 0 Å². The summed E-state index contributed by atoms with van der Waals surface area (Å²) in [7, 11) is 0. The molecule has 0 saturated heterocycles. The molecule has 0 fully saturated rings. The van der Waals surface area contributed by atoms with Crippen molar-refractivity contribution >= 4 is 11.6 Å². The van der Waals surface area contributed by atoms with E-state index in [0.717, 1.165) is 10.7 Å². The SMILES string of the molecule is C/C(N)=C\C=C(/C)Cl. The Labute approximate surface area is 54.8 Å². The highest BCUT2D eigenvalue weighted by molar-refractivity contribution is 6.29. The topological polar surface area (TPSA) is 26.0 Å². The third kappa shape index (κ3) is 5.57. The summed E-state index contributed by atoms with van der Waals surface area (Å²) in [5.74, 6) is 0. The summed E-state index contributed by atoms with van der Waals surface area (Å²) in [6.07, 6.45) is 3.53. The van der Waals surface area contributed by atoms with Crippen LogP contribution in [0.15, 0.2) is 22.9 Å². The first-order chi connectivity index (χ1) is 3.63. The van der Waals surface area contributed by atoms with Gasteiger partial charge in [-0.25, -0.2) is 0 Å². The number of hydrogen-bond acceptors (Lipinski definition) is 1. The Morgan fingerprint density at radius 1 is 1.38 bits per heavy atom. The van der Waals surface area contributed by atoms with Crippen LogP contribution in [0, 0.1) is 0 Å². The molecule has 0 aromatic heterocycles. The maximum Gasteiger partial charge on any atom is 0.0150 e. The Hall–Kier alpha value is -0.430. The van der Waals surface area contributed by atoms with E-state index in [1.165, 1.54) is 0 Å². The fourth-order valence-electron chi connectivity index (χ4n) is 0.246. The molecule has 0 aromatic carbocycles. The summed E-state index contributed by atoms with van der Waals surface area (Å²) in [5.41, 5.74) is 6.07. The van der Waals surface area contributed by atoms with Gasteiger partial charge >= 0.3 is 0 Å². The van der Waals surface area contributed by atoms with Gasteiger partial charge in [-0.2, -0.15) is 0 Å². The first-order valence-electron chi connectivity index (χ1n) is 2.39. The summed E-state index contributed by atoms with van der Waals surface area (Å²) in [5, 5.41) is 0.745. The third-order valence-electron chi connectivity index (χ3n) is 0.576. The molecule has 0 atom stereocenters. The summed E-state index contributed by atoms with van der Waals surface area (Å²) < 4.78 is 0. The number of rotatable bonds is 1. The van der Waals surface area contributed by atoms with Gasteiger partial charge in [0, 0.05) is 10.7 Å². The molecule has 0 amide bonds. The van der Waals surface area contributed by atoms with Crippen molar-refractivity contribution < 1.29 is 0 Å². The van der Waals surface area contributed by atoms with E-state index in [0.29, 0.717) is 0 Å². The van der Waals surface area contributed by atoms with E-state index in [2.05, 4.69) is 0 Å². The number of halogens is 1. The van der Waals surface area contributed by atoms with E-state index >= 15 is 0 Å². The molecule has 0 aliphatic heterocycles. The molecule has 2 heteroatoms. The normalized spacial score (nSPS) is 14.4. The van der Waals surface area contributed by atoms with Gasteiger partial charge in [-0.1, -0.05) is 11.6 Å². The van der Waals surface area contributed by atoms with Gasteiger partial charge in [0.25, 0.3) is 0 Å².